The number of nitrogens with zero attached hydrogens (tertiary/aromatic N) is 2. The molecule has 0 bridgehead atoms. The summed E-state index contributed by atoms with van der Waals surface area (Å²) in [4.78, 5) is 18.0. The minimum atomic E-state index is -2.27. The molecule has 27 heavy (non-hydrogen) atoms. The van der Waals surface area contributed by atoms with Gasteiger partial charge in [0, 0.05) is 10.9 Å². The van der Waals surface area contributed by atoms with Gasteiger partial charge in [-0.05, 0) is 19.1 Å². The molecule has 1 heterocycles. The second-order valence-corrected chi connectivity index (χ2v) is 6.40. The Hall–Kier alpha value is -2.81. The van der Waals surface area contributed by atoms with Gasteiger partial charge in [-0.2, -0.15) is 0 Å². The standard InChI is InChI=1S/C18H11F5N2OS/c1-9-8-27-18(24-9)25(10-5-3-2-4-6-10)12(26)7-11-13(19)15(21)17(23)16(22)14(11)20/h2-6,8H,7H2,1H3. The summed E-state index contributed by atoms with van der Waals surface area (Å²) in [5, 5.41) is 1.88. The zero-order chi connectivity index (χ0) is 19.7. The molecule has 140 valence electrons. The molecule has 0 aliphatic rings. The lowest BCUT2D eigenvalue weighted by Gasteiger charge is -2.20. The predicted molar refractivity (Wildman–Crippen MR) is 90.4 cm³/mol. The smallest absolute Gasteiger partial charge is 0.238 e. The zero-order valence-corrected chi connectivity index (χ0v) is 14.6. The van der Waals surface area contributed by atoms with Crippen molar-refractivity contribution in [3.8, 4) is 0 Å². The fourth-order valence-corrected chi connectivity index (χ4v) is 3.26. The first kappa shape index (κ1) is 19.0. The molecule has 1 aromatic heterocycles. The Bertz CT molecular complexity index is 977. The third-order valence-corrected chi connectivity index (χ3v) is 4.63. The molecule has 0 saturated heterocycles. The van der Waals surface area contributed by atoms with Crippen LogP contribution in [0.15, 0.2) is 35.7 Å². The van der Waals surface area contributed by atoms with Crippen LogP contribution in [0.2, 0.25) is 0 Å². The number of para-hydroxylation sites is 1. The number of amides is 1. The number of aromatic nitrogens is 1. The van der Waals surface area contributed by atoms with Crippen LogP contribution in [0.1, 0.15) is 11.3 Å². The van der Waals surface area contributed by atoms with Gasteiger partial charge in [0.25, 0.3) is 0 Å². The summed E-state index contributed by atoms with van der Waals surface area (Å²) in [5.74, 6) is -11.4. The quantitative estimate of drug-likeness (QED) is 0.350. The molecule has 0 N–H and O–H groups in total. The van der Waals surface area contributed by atoms with Gasteiger partial charge in [-0.1, -0.05) is 18.2 Å². The second-order valence-electron chi connectivity index (χ2n) is 5.56. The molecule has 0 aliphatic heterocycles. The van der Waals surface area contributed by atoms with Crippen LogP contribution in [0.3, 0.4) is 0 Å². The Morgan fingerprint density at radius 1 is 0.963 bits per heavy atom. The van der Waals surface area contributed by atoms with Gasteiger partial charge in [0.15, 0.2) is 28.4 Å². The molecule has 0 unspecified atom stereocenters. The summed E-state index contributed by atoms with van der Waals surface area (Å²) in [7, 11) is 0. The SMILES string of the molecule is Cc1csc(N(C(=O)Cc2c(F)c(F)c(F)c(F)c2F)c2ccccc2)n1. The van der Waals surface area contributed by atoms with Crippen molar-refractivity contribution in [2.75, 3.05) is 4.90 Å². The van der Waals surface area contributed by atoms with Crippen molar-refractivity contribution in [2.45, 2.75) is 13.3 Å². The first-order chi connectivity index (χ1) is 12.8. The maximum absolute atomic E-state index is 13.9. The highest BCUT2D eigenvalue weighted by atomic mass is 32.1. The maximum atomic E-state index is 13.9. The summed E-state index contributed by atoms with van der Waals surface area (Å²) >= 11 is 1.11. The van der Waals surface area contributed by atoms with E-state index in [9.17, 15) is 26.7 Å². The Labute approximate surface area is 154 Å². The molecule has 0 spiro atoms. The van der Waals surface area contributed by atoms with Crippen molar-refractivity contribution in [3.63, 3.8) is 0 Å². The van der Waals surface area contributed by atoms with E-state index in [2.05, 4.69) is 4.98 Å². The maximum Gasteiger partial charge on any atom is 0.238 e. The monoisotopic (exact) mass is 398 g/mol. The lowest BCUT2D eigenvalue weighted by molar-refractivity contribution is -0.117. The number of thiazole rings is 1. The largest absolute Gasteiger partial charge is 0.274 e. The second kappa shape index (κ2) is 7.43. The van der Waals surface area contributed by atoms with Gasteiger partial charge in [-0.3, -0.25) is 9.69 Å². The van der Waals surface area contributed by atoms with E-state index in [4.69, 9.17) is 0 Å². The molecule has 0 aliphatic carbocycles. The molecule has 0 fully saturated rings. The van der Waals surface area contributed by atoms with E-state index < -0.39 is 47.0 Å². The number of hydrogen-bond acceptors (Lipinski definition) is 3. The van der Waals surface area contributed by atoms with E-state index in [0.29, 0.717) is 11.4 Å². The molecule has 3 rings (SSSR count). The highest BCUT2D eigenvalue weighted by Crippen LogP contribution is 2.30. The van der Waals surface area contributed by atoms with E-state index >= 15 is 0 Å². The highest BCUT2D eigenvalue weighted by Gasteiger charge is 2.29. The first-order valence-electron chi connectivity index (χ1n) is 7.61. The summed E-state index contributed by atoms with van der Waals surface area (Å²) < 4.78 is 67.9. The molecular weight excluding hydrogens is 387 g/mol. The third kappa shape index (κ3) is 3.55. The summed E-state index contributed by atoms with van der Waals surface area (Å²) in [6.45, 7) is 1.69. The average molecular weight is 398 g/mol. The van der Waals surface area contributed by atoms with Gasteiger partial charge in [0.1, 0.15) is 0 Å². The van der Waals surface area contributed by atoms with Crippen molar-refractivity contribution >= 4 is 28.1 Å². The number of anilines is 2. The van der Waals surface area contributed by atoms with Crippen LogP contribution in [0.4, 0.5) is 32.8 Å². The van der Waals surface area contributed by atoms with Gasteiger partial charge in [-0.25, -0.2) is 26.9 Å². The number of halogens is 5. The highest BCUT2D eigenvalue weighted by molar-refractivity contribution is 7.14. The van der Waals surface area contributed by atoms with Crippen LogP contribution >= 0.6 is 11.3 Å². The van der Waals surface area contributed by atoms with E-state index in [1.807, 2.05) is 0 Å². The first-order valence-corrected chi connectivity index (χ1v) is 8.49. The lowest BCUT2D eigenvalue weighted by Crippen LogP contribution is -2.28. The van der Waals surface area contributed by atoms with E-state index in [1.165, 1.54) is 0 Å². The van der Waals surface area contributed by atoms with Crippen molar-refractivity contribution in [3.05, 3.63) is 76.1 Å². The summed E-state index contributed by atoms with van der Waals surface area (Å²) in [5.41, 5.74) is -0.230. The van der Waals surface area contributed by atoms with Crippen LogP contribution in [-0.2, 0) is 11.2 Å². The van der Waals surface area contributed by atoms with Gasteiger partial charge < -0.3 is 0 Å². The van der Waals surface area contributed by atoms with Gasteiger partial charge in [0.05, 0.1) is 17.8 Å². The lowest BCUT2D eigenvalue weighted by atomic mass is 10.1. The molecule has 9 heteroatoms. The Balaban J connectivity index is 2.05. The van der Waals surface area contributed by atoms with Crippen LogP contribution < -0.4 is 4.90 Å². The molecule has 3 aromatic rings. The fraction of sp³-hybridized carbons (Fsp3) is 0.111. The number of rotatable bonds is 4. The van der Waals surface area contributed by atoms with Crippen molar-refractivity contribution < 1.29 is 26.7 Å². The van der Waals surface area contributed by atoms with E-state index in [0.717, 1.165) is 16.2 Å². The molecule has 1 amide bonds. The summed E-state index contributed by atoms with van der Waals surface area (Å²) in [6, 6.07) is 8.09. The minimum absolute atomic E-state index is 0.215. The number of aryl methyl sites for hydroxylation is 1. The van der Waals surface area contributed by atoms with E-state index in [1.54, 1.807) is 42.6 Å². The van der Waals surface area contributed by atoms with Crippen molar-refractivity contribution in [1.82, 2.24) is 4.98 Å². The number of benzene rings is 2. The Morgan fingerprint density at radius 3 is 2.04 bits per heavy atom. The summed E-state index contributed by atoms with van der Waals surface area (Å²) in [6.07, 6.45) is -1.03. The molecular formula is C18H11F5N2OS. The Kier molecular flexibility index (Phi) is 5.22. The van der Waals surface area contributed by atoms with Crippen LogP contribution in [0, 0.1) is 36.0 Å². The predicted octanol–water partition coefficient (Wildman–Crippen LogP) is 5.05. The van der Waals surface area contributed by atoms with Crippen molar-refractivity contribution in [2.24, 2.45) is 0 Å². The van der Waals surface area contributed by atoms with Gasteiger partial charge in [-0.15, -0.1) is 11.3 Å². The van der Waals surface area contributed by atoms with Crippen LogP contribution in [0.25, 0.3) is 0 Å². The van der Waals surface area contributed by atoms with Crippen LogP contribution in [-0.4, -0.2) is 10.9 Å². The van der Waals surface area contributed by atoms with Crippen LogP contribution in [0.5, 0.6) is 0 Å². The minimum Gasteiger partial charge on any atom is -0.274 e. The number of carbonyl (C=O) groups is 1. The van der Waals surface area contributed by atoms with Gasteiger partial charge in [0.2, 0.25) is 11.7 Å². The van der Waals surface area contributed by atoms with Gasteiger partial charge >= 0.3 is 0 Å². The normalized spacial score (nSPS) is 10.9. The molecule has 3 nitrogen and oxygen atoms in total. The molecule has 2 aromatic carbocycles. The number of carbonyl (C=O) groups excluding carboxylic acids is 1. The Morgan fingerprint density at radius 2 is 1.52 bits per heavy atom. The fourth-order valence-electron chi connectivity index (χ4n) is 2.42. The molecule has 0 radical (unpaired) electrons. The topological polar surface area (TPSA) is 33.2 Å². The number of hydrogen-bond donors (Lipinski definition) is 0. The molecule has 0 atom stereocenters. The zero-order valence-electron chi connectivity index (χ0n) is 13.8. The van der Waals surface area contributed by atoms with Crippen molar-refractivity contribution in [1.29, 1.82) is 0 Å². The third-order valence-electron chi connectivity index (χ3n) is 3.69. The average Bonchev–Trinajstić information content (AvgIpc) is 3.09. The van der Waals surface area contributed by atoms with E-state index in [-0.39, 0.29) is 5.13 Å². The molecule has 0 saturated carbocycles.